The molecule has 0 bridgehead atoms. The van der Waals surface area contributed by atoms with E-state index in [4.69, 9.17) is 16.3 Å². The van der Waals surface area contributed by atoms with E-state index in [0.29, 0.717) is 38.0 Å². The standard InChI is InChI=1S/C11H21ClN2O3S/c1-17-11-4-7-14(9-11)18(15,16)13-5-2-10(8-12)3-6-13/h10-11H,2-9H2,1H3. The van der Waals surface area contributed by atoms with Crippen LogP contribution in [0.2, 0.25) is 0 Å². The van der Waals surface area contributed by atoms with Gasteiger partial charge in [-0.3, -0.25) is 0 Å². The quantitative estimate of drug-likeness (QED) is 0.725. The van der Waals surface area contributed by atoms with Crippen LogP contribution in [0, 0.1) is 5.92 Å². The maximum Gasteiger partial charge on any atom is 0.282 e. The van der Waals surface area contributed by atoms with Crippen molar-refractivity contribution in [3.8, 4) is 0 Å². The predicted octanol–water partition coefficient (Wildman–Crippen LogP) is 0.903. The summed E-state index contributed by atoms with van der Waals surface area (Å²) in [6.07, 6.45) is 2.56. The molecule has 1 unspecified atom stereocenters. The summed E-state index contributed by atoms with van der Waals surface area (Å²) in [6.45, 7) is 2.23. The molecule has 2 heterocycles. The minimum absolute atomic E-state index is 0.0418. The number of hydrogen-bond donors (Lipinski definition) is 0. The van der Waals surface area contributed by atoms with E-state index in [1.807, 2.05) is 0 Å². The molecule has 0 aliphatic carbocycles. The summed E-state index contributed by atoms with van der Waals surface area (Å²) in [5.41, 5.74) is 0. The molecule has 2 aliphatic rings. The zero-order valence-electron chi connectivity index (χ0n) is 10.7. The maximum atomic E-state index is 12.4. The van der Waals surface area contributed by atoms with Gasteiger partial charge < -0.3 is 4.74 Å². The Morgan fingerprint density at radius 1 is 1.17 bits per heavy atom. The third-order valence-electron chi connectivity index (χ3n) is 3.89. The van der Waals surface area contributed by atoms with Crippen LogP contribution in [0.3, 0.4) is 0 Å². The van der Waals surface area contributed by atoms with E-state index < -0.39 is 10.2 Å². The Balaban J connectivity index is 1.95. The summed E-state index contributed by atoms with van der Waals surface area (Å²) in [6, 6.07) is 0. The Morgan fingerprint density at radius 2 is 1.78 bits per heavy atom. The summed E-state index contributed by atoms with van der Waals surface area (Å²) in [4.78, 5) is 0. The van der Waals surface area contributed by atoms with Gasteiger partial charge in [0, 0.05) is 39.2 Å². The van der Waals surface area contributed by atoms with Gasteiger partial charge in [-0.1, -0.05) is 0 Å². The van der Waals surface area contributed by atoms with Crippen LogP contribution in [0.4, 0.5) is 0 Å². The van der Waals surface area contributed by atoms with Gasteiger partial charge in [-0.05, 0) is 25.2 Å². The van der Waals surface area contributed by atoms with Crippen LogP contribution in [0.15, 0.2) is 0 Å². The lowest BCUT2D eigenvalue weighted by Crippen LogP contribution is -2.46. The molecule has 5 nitrogen and oxygen atoms in total. The molecule has 0 aromatic rings. The second kappa shape index (κ2) is 6.05. The van der Waals surface area contributed by atoms with E-state index in [2.05, 4.69) is 0 Å². The van der Waals surface area contributed by atoms with Gasteiger partial charge in [0.1, 0.15) is 0 Å². The van der Waals surface area contributed by atoms with Crippen molar-refractivity contribution in [2.24, 2.45) is 5.92 Å². The van der Waals surface area contributed by atoms with Gasteiger partial charge in [-0.2, -0.15) is 17.0 Å². The Hall–Kier alpha value is 0.120. The molecule has 2 fully saturated rings. The first-order valence-corrected chi connectivity index (χ1v) is 8.35. The van der Waals surface area contributed by atoms with Gasteiger partial charge >= 0.3 is 0 Å². The molecule has 2 rings (SSSR count). The van der Waals surface area contributed by atoms with E-state index in [1.54, 1.807) is 15.7 Å². The molecule has 0 saturated carbocycles. The summed E-state index contributed by atoms with van der Waals surface area (Å²) >= 11 is 5.81. The van der Waals surface area contributed by atoms with Crippen molar-refractivity contribution in [3.63, 3.8) is 0 Å². The number of halogens is 1. The Bertz CT molecular complexity index is 368. The Labute approximate surface area is 114 Å². The van der Waals surface area contributed by atoms with Crippen molar-refractivity contribution in [2.45, 2.75) is 25.4 Å². The fourth-order valence-electron chi connectivity index (χ4n) is 2.56. The number of piperidine rings is 1. The third-order valence-corrected chi connectivity index (χ3v) is 6.32. The summed E-state index contributed by atoms with van der Waals surface area (Å²) in [5, 5.41) is 0. The number of methoxy groups -OCH3 is 1. The molecule has 0 radical (unpaired) electrons. The minimum atomic E-state index is -3.29. The predicted molar refractivity (Wildman–Crippen MR) is 70.9 cm³/mol. The van der Waals surface area contributed by atoms with Crippen molar-refractivity contribution in [1.82, 2.24) is 8.61 Å². The van der Waals surface area contributed by atoms with Crippen LogP contribution in [0.1, 0.15) is 19.3 Å². The molecule has 2 aliphatic heterocycles. The largest absolute Gasteiger partial charge is 0.380 e. The average molecular weight is 297 g/mol. The summed E-state index contributed by atoms with van der Waals surface area (Å²) < 4.78 is 33.2. The molecule has 1 atom stereocenters. The zero-order chi connectivity index (χ0) is 13.2. The van der Waals surface area contributed by atoms with E-state index >= 15 is 0 Å². The second-order valence-electron chi connectivity index (χ2n) is 5.01. The molecule has 18 heavy (non-hydrogen) atoms. The van der Waals surface area contributed by atoms with Crippen molar-refractivity contribution in [1.29, 1.82) is 0 Å². The van der Waals surface area contributed by atoms with Crippen molar-refractivity contribution >= 4 is 21.8 Å². The molecular formula is C11H21ClN2O3S. The molecule has 0 aromatic heterocycles. The number of hydrogen-bond acceptors (Lipinski definition) is 3. The lowest BCUT2D eigenvalue weighted by atomic mass is 10.0. The molecule has 2 saturated heterocycles. The Morgan fingerprint density at radius 3 is 2.28 bits per heavy atom. The Kier molecular flexibility index (Phi) is 4.88. The molecule has 0 N–H and O–H groups in total. The molecular weight excluding hydrogens is 276 g/mol. The molecule has 0 amide bonds. The number of ether oxygens (including phenoxy) is 1. The highest BCUT2D eigenvalue weighted by atomic mass is 35.5. The van der Waals surface area contributed by atoms with Crippen LogP contribution in [-0.2, 0) is 14.9 Å². The third kappa shape index (κ3) is 2.99. The highest BCUT2D eigenvalue weighted by Crippen LogP contribution is 2.24. The normalized spacial score (nSPS) is 28.9. The van der Waals surface area contributed by atoms with Gasteiger partial charge in [0.25, 0.3) is 10.2 Å². The van der Waals surface area contributed by atoms with Crippen molar-refractivity contribution in [3.05, 3.63) is 0 Å². The average Bonchev–Trinajstić information content (AvgIpc) is 2.88. The van der Waals surface area contributed by atoms with Crippen molar-refractivity contribution in [2.75, 3.05) is 39.2 Å². The molecule has 0 aromatic carbocycles. The topological polar surface area (TPSA) is 49.9 Å². The second-order valence-corrected chi connectivity index (χ2v) is 7.25. The first-order valence-electron chi connectivity index (χ1n) is 6.42. The van der Waals surface area contributed by atoms with Gasteiger partial charge in [0.2, 0.25) is 0 Å². The first kappa shape index (κ1) is 14.5. The lowest BCUT2D eigenvalue weighted by molar-refractivity contribution is 0.114. The van der Waals surface area contributed by atoms with Crippen LogP contribution in [-0.4, -0.2) is 62.3 Å². The lowest BCUT2D eigenvalue weighted by Gasteiger charge is -2.33. The van der Waals surface area contributed by atoms with Crippen LogP contribution in [0.5, 0.6) is 0 Å². The highest BCUT2D eigenvalue weighted by molar-refractivity contribution is 7.86. The van der Waals surface area contributed by atoms with Crippen molar-refractivity contribution < 1.29 is 13.2 Å². The van der Waals surface area contributed by atoms with Gasteiger partial charge in [0.15, 0.2) is 0 Å². The number of rotatable bonds is 4. The summed E-state index contributed by atoms with van der Waals surface area (Å²) in [5.74, 6) is 1.09. The molecule has 0 spiro atoms. The van der Waals surface area contributed by atoms with E-state index in [1.165, 1.54) is 0 Å². The van der Waals surface area contributed by atoms with Gasteiger partial charge in [-0.15, -0.1) is 11.6 Å². The molecule has 106 valence electrons. The van der Waals surface area contributed by atoms with Crippen LogP contribution in [0.25, 0.3) is 0 Å². The van der Waals surface area contributed by atoms with E-state index in [-0.39, 0.29) is 6.10 Å². The smallest absolute Gasteiger partial charge is 0.282 e. The number of alkyl halides is 1. The van der Waals surface area contributed by atoms with Gasteiger partial charge in [0.05, 0.1) is 6.10 Å². The molecule has 7 heteroatoms. The van der Waals surface area contributed by atoms with Crippen LogP contribution < -0.4 is 0 Å². The fraction of sp³-hybridized carbons (Fsp3) is 1.00. The summed E-state index contributed by atoms with van der Waals surface area (Å²) in [7, 11) is -1.66. The SMILES string of the molecule is COC1CCN(S(=O)(=O)N2CCC(CCl)CC2)C1. The van der Waals surface area contributed by atoms with E-state index in [0.717, 1.165) is 19.3 Å². The maximum absolute atomic E-state index is 12.4. The number of nitrogens with zero attached hydrogens (tertiary/aromatic N) is 2. The first-order chi connectivity index (χ1) is 8.57. The van der Waals surface area contributed by atoms with E-state index in [9.17, 15) is 8.42 Å². The monoisotopic (exact) mass is 296 g/mol. The fourth-order valence-corrected chi connectivity index (χ4v) is 4.56. The van der Waals surface area contributed by atoms with Gasteiger partial charge in [-0.25, -0.2) is 0 Å². The zero-order valence-corrected chi connectivity index (χ0v) is 12.3. The van der Waals surface area contributed by atoms with Crippen LogP contribution >= 0.6 is 11.6 Å². The minimum Gasteiger partial charge on any atom is -0.380 e. The highest BCUT2D eigenvalue weighted by Gasteiger charge is 2.37.